The maximum Gasteiger partial charge on any atom is 0.0641 e. The summed E-state index contributed by atoms with van der Waals surface area (Å²) in [5, 5.41) is 8.48. The summed E-state index contributed by atoms with van der Waals surface area (Å²) in [6.07, 6.45) is 0.362. The van der Waals surface area contributed by atoms with Crippen LogP contribution in [0.1, 0.15) is 23.6 Å². The van der Waals surface area contributed by atoms with E-state index in [-0.39, 0.29) is 18.4 Å². The third kappa shape index (κ3) is 3.30. The van der Waals surface area contributed by atoms with Crippen LogP contribution in [-0.4, -0.2) is 0 Å². The Labute approximate surface area is 98.6 Å². The lowest BCUT2D eigenvalue weighted by molar-refractivity contribution is 0.747. The smallest absolute Gasteiger partial charge is 0.0641 e. The van der Waals surface area contributed by atoms with Gasteiger partial charge in [0.15, 0.2) is 0 Å². The van der Waals surface area contributed by atoms with Crippen molar-refractivity contribution in [2.24, 2.45) is 5.73 Å². The monoisotopic (exact) mass is 274 g/mol. The fourth-order valence-corrected chi connectivity index (χ4v) is 1.36. The van der Waals surface area contributed by atoms with Crippen LogP contribution in [0.3, 0.4) is 0 Å². The average molecular weight is 276 g/mol. The molecule has 1 aromatic rings. The highest BCUT2D eigenvalue weighted by atomic mass is 79.9. The first-order chi connectivity index (χ1) is 6.15. The van der Waals surface area contributed by atoms with Gasteiger partial charge >= 0.3 is 0 Å². The van der Waals surface area contributed by atoms with E-state index in [0.29, 0.717) is 6.42 Å². The zero-order valence-electron chi connectivity index (χ0n) is 7.83. The molecule has 0 heterocycles. The fourth-order valence-electron chi connectivity index (χ4n) is 1.11. The Morgan fingerprint density at radius 1 is 1.57 bits per heavy atom. The second-order valence-electron chi connectivity index (χ2n) is 2.98. The highest BCUT2D eigenvalue weighted by Gasteiger charge is 2.05. The first kappa shape index (κ1) is 13.4. The van der Waals surface area contributed by atoms with E-state index in [2.05, 4.69) is 22.0 Å². The lowest BCUT2D eigenvalue weighted by Crippen LogP contribution is -2.09. The van der Waals surface area contributed by atoms with E-state index in [1.807, 2.05) is 25.1 Å². The molecule has 2 N–H and O–H groups in total. The SMILES string of the molecule is Cc1cc([C@H](N)CC#N)ccc1Br.Cl. The molecule has 76 valence electrons. The summed E-state index contributed by atoms with van der Waals surface area (Å²) >= 11 is 3.41. The Morgan fingerprint density at radius 2 is 2.21 bits per heavy atom. The van der Waals surface area contributed by atoms with Gasteiger partial charge in [0.05, 0.1) is 12.5 Å². The van der Waals surface area contributed by atoms with Crippen LogP contribution < -0.4 is 5.73 Å². The summed E-state index contributed by atoms with van der Waals surface area (Å²) in [6.45, 7) is 2.01. The van der Waals surface area contributed by atoms with Crippen molar-refractivity contribution in [2.45, 2.75) is 19.4 Å². The fraction of sp³-hybridized carbons (Fsp3) is 0.300. The quantitative estimate of drug-likeness (QED) is 0.901. The molecule has 0 aliphatic carbocycles. The molecule has 0 aromatic heterocycles. The third-order valence-electron chi connectivity index (χ3n) is 1.92. The summed E-state index contributed by atoms with van der Waals surface area (Å²) in [5.74, 6) is 0. The average Bonchev–Trinajstić information content (AvgIpc) is 2.10. The Morgan fingerprint density at radius 3 is 2.71 bits per heavy atom. The van der Waals surface area contributed by atoms with E-state index in [9.17, 15) is 0 Å². The number of rotatable bonds is 2. The van der Waals surface area contributed by atoms with Crippen molar-refractivity contribution in [1.29, 1.82) is 5.26 Å². The molecule has 0 saturated carbocycles. The number of nitriles is 1. The minimum absolute atomic E-state index is 0. The van der Waals surface area contributed by atoms with Crippen LogP contribution >= 0.6 is 28.3 Å². The molecular weight excluding hydrogens is 263 g/mol. The number of halogens is 2. The van der Waals surface area contributed by atoms with Gasteiger partial charge in [0, 0.05) is 10.5 Å². The van der Waals surface area contributed by atoms with Gasteiger partial charge in [-0.15, -0.1) is 12.4 Å². The predicted octanol–water partition coefficient (Wildman–Crippen LogP) is 3.09. The molecule has 0 amide bonds. The molecule has 0 saturated heterocycles. The minimum atomic E-state index is -0.170. The van der Waals surface area contributed by atoms with Crippen molar-refractivity contribution in [2.75, 3.05) is 0 Å². The van der Waals surface area contributed by atoms with Crippen LogP contribution in [0.2, 0.25) is 0 Å². The molecule has 0 aliphatic heterocycles. The van der Waals surface area contributed by atoms with Gasteiger partial charge in [-0.05, 0) is 24.1 Å². The molecule has 1 rings (SSSR count). The van der Waals surface area contributed by atoms with Crippen molar-refractivity contribution in [3.63, 3.8) is 0 Å². The van der Waals surface area contributed by atoms with Crippen molar-refractivity contribution >= 4 is 28.3 Å². The minimum Gasteiger partial charge on any atom is -0.323 e. The third-order valence-corrected chi connectivity index (χ3v) is 2.81. The number of aryl methyl sites for hydroxylation is 1. The normalized spacial score (nSPS) is 11.3. The molecule has 14 heavy (non-hydrogen) atoms. The van der Waals surface area contributed by atoms with Crippen molar-refractivity contribution < 1.29 is 0 Å². The molecule has 0 aliphatic rings. The Balaban J connectivity index is 0.00000169. The number of nitrogens with two attached hydrogens (primary N) is 1. The number of hydrogen-bond donors (Lipinski definition) is 1. The van der Waals surface area contributed by atoms with Crippen LogP contribution in [-0.2, 0) is 0 Å². The summed E-state index contributed by atoms with van der Waals surface area (Å²) in [7, 11) is 0. The van der Waals surface area contributed by atoms with Gasteiger partial charge in [-0.1, -0.05) is 28.1 Å². The highest BCUT2D eigenvalue weighted by Crippen LogP contribution is 2.21. The molecule has 0 fully saturated rings. The predicted molar refractivity (Wildman–Crippen MR) is 63.3 cm³/mol. The summed E-state index contributed by atoms with van der Waals surface area (Å²) in [4.78, 5) is 0. The zero-order chi connectivity index (χ0) is 9.84. The topological polar surface area (TPSA) is 49.8 Å². The second kappa shape index (κ2) is 6.02. The maximum absolute atomic E-state index is 8.48. The van der Waals surface area contributed by atoms with E-state index >= 15 is 0 Å². The number of nitrogens with zero attached hydrogens (tertiary/aromatic N) is 1. The van der Waals surface area contributed by atoms with Gasteiger partial charge in [-0.3, -0.25) is 0 Å². The Kier molecular flexibility index (Phi) is 5.78. The highest BCUT2D eigenvalue weighted by molar-refractivity contribution is 9.10. The van der Waals surface area contributed by atoms with E-state index in [1.165, 1.54) is 0 Å². The van der Waals surface area contributed by atoms with E-state index in [4.69, 9.17) is 11.0 Å². The summed E-state index contributed by atoms with van der Waals surface area (Å²) in [5.41, 5.74) is 7.95. The van der Waals surface area contributed by atoms with Gasteiger partial charge < -0.3 is 5.73 Å². The van der Waals surface area contributed by atoms with Crippen LogP contribution in [0.4, 0.5) is 0 Å². The first-order valence-corrected chi connectivity index (χ1v) is 4.83. The molecule has 0 unspecified atom stereocenters. The van der Waals surface area contributed by atoms with Gasteiger partial charge in [-0.2, -0.15) is 5.26 Å². The lowest BCUT2D eigenvalue weighted by atomic mass is 10.0. The molecule has 0 spiro atoms. The first-order valence-electron chi connectivity index (χ1n) is 4.03. The number of benzene rings is 1. The van der Waals surface area contributed by atoms with Gasteiger partial charge in [0.25, 0.3) is 0 Å². The van der Waals surface area contributed by atoms with Gasteiger partial charge in [0.1, 0.15) is 0 Å². The van der Waals surface area contributed by atoms with Crippen LogP contribution in [0, 0.1) is 18.3 Å². The second-order valence-corrected chi connectivity index (χ2v) is 3.83. The van der Waals surface area contributed by atoms with Gasteiger partial charge in [-0.25, -0.2) is 0 Å². The lowest BCUT2D eigenvalue weighted by Gasteiger charge is -2.09. The molecular formula is C10H12BrClN2. The van der Waals surface area contributed by atoms with Crippen LogP contribution in [0.15, 0.2) is 22.7 Å². The molecule has 0 radical (unpaired) electrons. The Bertz CT molecular complexity index is 346. The van der Waals surface area contributed by atoms with Crippen molar-refractivity contribution in [1.82, 2.24) is 0 Å². The number of hydrogen-bond acceptors (Lipinski definition) is 2. The van der Waals surface area contributed by atoms with Crippen LogP contribution in [0.5, 0.6) is 0 Å². The molecule has 1 aromatic carbocycles. The van der Waals surface area contributed by atoms with E-state index in [0.717, 1.165) is 15.6 Å². The van der Waals surface area contributed by atoms with Crippen LogP contribution in [0.25, 0.3) is 0 Å². The van der Waals surface area contributed by atoms with Gasteiger partial charge in [0.2, 0.25) is 0 Å². The summed E-state index contributed by atoms with van der Waals surface area (Å²) in [6, 6.07) is 7.80. The maximum atomic E-state index is 8.48. The molecule has 0 bridgehead atoms. The standard InChI is InChI=1S/C10H11BrN2.ClH/c1-7-6-8(2-3-9(7)11)10(13)4-5-12;/h2-3,6,10H,4,13H2,1H3;1H/t10-;/m1./s1. The van der Waals surface area contributed by atoms with Crippen molar-refractivity contribution in [3.8, 4) is 6.07 Å². The Hall–Kier alpha value is -0.560. The van der Waals surface area contributed by atoms with E-state index in [1.54, 1.807) is 0 Å². The summed E-state index contributed by atoms with van der Waals surface area (Å²) < 4.78 is 1.07. The molecule has 1 atom stereocenters. The largest absolute Gasteiger partial charge is 0.323 e. The zero-order valence-corrected chi connectivity index (χ0v) is 10.2. The molecule has 4 heteroatoms. The van der Waals surface area contributed by atoms with Crippen molar-refractivity contribution in [3.05, 3.63) is 33.8 Å². The molecule has 2 nitrogen and oxygen atoms in total. The van der Waals surface area contributed by atoms with E-state index < -0.39 is 0 Å².